The predicted octanol–water partition coefficient (Wildman–Crippen LogP) is 0.982. The van der Waals surface area contributed by atoms with E-state index < -0.39 is 12.0 Å². The van der Waals surface area contributed by atoms with Crippen LogP contribution in [0.15, 0.2) is 18.2 Å². The van der Waals surface area contributed by atoms with Crippen LogP contribution < -0.4 is 5.73 Å². The number of halogens is 1. The van der Waals surface area contributed by atoms with Crippen molar-refractivity contribution in [2.45, 2.75) is 6.04 Å². The molecule has 1 aromatic rings. The van der Waals surface area contributed by atoms with E-state index in [1.54, 1.807) is 12.1 Å². The minimum Gasteiger partial charge on any atom is -0.478 e. The molecule has 4 nitrogen and oxygen atoms in total. The van der Waals surface area contributed by atoms with Crippen molar-refractivity contribution in [3.05, 3.63) is 32.9 Å². The van der Waals surface area contributed by atoms with Gasteiger partial charge < -0.3 is 15.9 Å². The molecule has 4 N–H and O–H groups in total. The number of carbonyl (C=O) groups is 1. The first kappa shape index (κ1) is 11.4. The van der Waals surface area contributed by atoms with Gasteiger partial charge >= 0.3 is 5.97 Å². The van der Waals surface area contributed by atoms with Crippen molar-refractivity contribution in [1.29, 1.82) is 0 Å². The number of hydrogen-bond acceptors (Lipinski definition) is 3. The van der Waals surface area contributed by atoms with Gasteiger partial charge in [-0.1, -0.05) is 6.07 Å². The fourth-order valence-electron chi connectivity index (χ4n) is 1.19. The number of carboxylic acid groups (broad SMARTS) is 1. The zero-order valence-corrected chi connectivity index (χ0v) is 9.43. The molecule has 14 heavy (non-hydrogen) atoms. The van der Waals surface area contributed by atoms with Crippen LogP contribution in [0.1, 0.15) is 22.0 Å². The lowest BCUT2D eigenvalue weighted by Gasteiger charge is -2.13. The van der Waals surface area contributed by atoms with E-state index in [9.17, 15) is 4.79 Å². The average molecular weight is 307 g/mol. The van der Waals surface area contributed by atoms with Crippen molar-refractivity contribution in [3.63, 3.8) is 0 Å². The van der Waals surface area contributed by atoms with E-state index in [4.69, 9.17) is 15.9 Å². The first-order valence-electron chi connectivity index (χ1n) is 3.96. The maximum atomic E-state index is 10.9. The van der Waals surface area contributed by atoms with Crippen molar-refractivity contribution in [2.75, 3.05) is 6.61 Å². The van der Waals surface area contributed by atoms with Gasteiger partial charge in [0, 0.05) is 3.57 Å². The van der Waals surface area contributed by atoms with Crippen molar-refractivity contribution in [3.8, 4) is 0 Å². The third-order valence-corrected chi connectivity index (χ3v) is 2.79. The summed E-state index contributed by atoms with van der Waals surface area (Å²) in [6, 6.07) is 4.25. The quantitative estimate of drug-likeness (QED) is 0.727. The van der Waals surface area contributed by atoms with Crippen LogP contribution in [-0.4, -0.2) is 22.8 Å². The van der Waals surface area contributed by atoms with Crippen molar-refractivity contribution in [2.24, 2.45) is 5.73 Å². The molecule has 0 aliphatic rings. The Balaban J connectivity index is 3.29. The molecule has 0 aliphatic heterocycles. The van der Waals surface area contributed by atoms with Gasteiger partial charge in [0.2, 0.25) is 0 Å². The lowest BCUT2D eigenvalue weighted by atomic mass is 10.0. The molecule has 0 amide bonds. The maximum absolute atomic E-state index is 10.9. The summed E-state index contributed by atoms with van der Waals surface area (Å²) >= 11 is 2.00. The summed E-state index contributed by atoms with van der Waals surface area (Å²) in [6.07, 6.45) is 0. The van der Waals surface area contributed by atoms with E-state index in [-0.39, 0.29) is 12.2 Å². The van der Waals surface area contributed by atoms with E-state index >= 15 is 0 Å². The summed E-state index contributed by atoms with van der Waals surface area (Å²) in [6.45, 7) is -0.264. The Bertz CT molecular complexity index is 354. The van der Waals surface area contributed by atoms with E-state index in [2.05, 4.69) is 0 Å². The molecule has 1 aromatic carbocycles. The highest BCUT2D eigenvalue weighted by molar-refractivity contribution is 14.1. The lowest BCUT2D eigenvalue weighted by Crippen LogP contribution is -2.19. The Kier molecular flexibility index (Phi) is 3.85. The average Bonchev–Trinajstić information content (AvgIpc) is 2.16. The van der Waals surface area contributed by atoms with Crippen LogP contribution in [0, 0.1) is 3.57 Å². The summed E-state index contributed by atoms with van der Waals surface area (Å²) in [5.41, 5.74) is 6.26. The van der Waals surface area contributed by atoms with Gasteiger partial charge in [0.15, 0.2) is 0 Å². The zero-order chi connectivity index (χ0) is 10.7. The van der Waals surface area contributed by atoms with Crippen molar-refractivity contribution < 1.29 is 15.0 Å². The van der Waals surface area contributed by atoms with Crippen LogP contribution in [0.3, 0.4) is 0 Å². The van der Waals surface area contributed by atoms with E-state index in [0.29, 0.717) is 5.56 Å². The second-order valence-corrected chi connectivity index (χ2v) is 3.96. The van der Waals surface area contributed by atoms with Crippen LogP contribution in [-0.2, 0) is 0 Å². The number of aromatic carboxylic acids is 1. The third kappa shape index (κ3) is 2.23. The molecule has 0 heterocycles. The number of nitrogens with two attached hydrogens (primary N) is 1. The molecule has 0 saturated heterocycles. The molecule has 0 aromatic heterocycles. The Hall–Kier alpha value is -0.660. The molecular weight excluding hydrogens is 297 g/mol. The smallest absolute Gasteiger partial charge is 0.336 e. The van der Waals surface area contributed by atoms with Crippen molar-refractivity contribution in [1.82, 2.24) is 0 Å². The highest BCUT2D eigenvalue weighted by atomic mass is 127. The fraction of sp³-hybridized carbons (Fsp3) is 0.222. The number of carboxylic acids is 1. The van der Waals surface area contributed by atoms with Gasteiger partial charge in [-0.15, -0.1) is 0 Å². The number of hydrogen-bond donors (Lipinski definition) is 3. The van der Waals surface area contributed by atoms with Crippen LogP contribution >= 0.6 is 22.6 Å². The number of benzene rings is 1. The first-order chi connectivity index (χ1) is 6.57. The molecule has 0 fully saturated rings. The Labute approximate surface area is 94.9 Å². The largest absolute Gasteiger partial charge is 0.478 e. The SMILES string of the molecule is NC(CO)c1c(I)cccc1C(=O)O. The summed E-state index contributed by atoms with van der Waals surface area (Å²) in [4.78, 5) is 10.9. The number of rotatable bonds is 3. The molecule has 0 spiro atoms. The van der Waals surface area contributed by atoms with Gasteiger partial charge in [-0.05, 0) is 40.3 Å². The lowest BCUT2D eigenvalue weighted by molar-refractivity contribution is 0.0694. The molecular formula is C9H10INO3. The maximum Gasteiger partial charge on any atom is 0.336 e. The van der Waals surface area contributed by atoms with Crippen LogP contribution in [0.2, 0.25) is 0 Å². The normalized spacial score (nSPS) is 12.5. The van der Waals surface area contributed by atoms with Gasteiger partial charge in [-0.3, -0.25) is 0 Å². The molecule has 1 unspecified atom stereocenters. The van der Waals surface area contributed by atoms with E-state index in [1.165, 1.54) is 6.07 Å². The fourth-order valence-corrected chi connectivity index (χ4v) is 2.09. The standard InChI is InChI=1S/C9H10INO3/c10-6-3-1-2-5(9(13)14)8(6)7(11)4-12/h1-3,7,12H,4,11H2,(H,13,14). The van der Waals surface area contributed by atoms with Gasteiger partial charge in [0.25, 0.3) is 0 Å². The van der Waals surface area contributed by atoms with Crippen molar-refractivity contribution >= 4 is 28.6 Å². The Morgan fingerprint density at radius 3 is 2.71 bits per heavy atom. The third-order valence-electron chi connectivity index (χ3n) is 1.85. The molecule has 1 atom stereocenters. The second-order valence-electron chi connectivity index (χ2n) is 2.80. The Morgan fingerprint density at radius 2 is 2.21 bits per heavy atom. The second kappa shape index (κ2) is 4.72. The minimum atomic E-state index is -1.03. The summed E-state index contributed by atoms with van der Waals surface area (Å²) in [7, 11) is 0. The highest BCUT2D eigenvalue weighted by Gasteiger charge is 2.17. The first-order valence-corrected chi connectivity index (χ1v) is 5.04. The monoisotopic (exact) mass is 307 g/mol. The van der Waals surface area contributed by atoms with E-state index in [0.717, 1.165) is 3.57 Å². The molecule has 0 aliphatic carbocycles. The minimum absolute atomic E-state index is 0.151. The van der Waals surface area contributed by atoms with Crippen LogP contribution in [0.4, 0.5) is 0 Å². The summed E-state index contributed by atoms with van der Waals surface area (Å²) in [5.74, 6) is -1.03. The highest BCUT2D eigenvalue weighted by Crippen LogP contribution is 2.22. The molecule has 0 saturated carbocycles. The summed E-state index contributed by atoms with van der Waals surface area (Å²) < 4.78 is 0.754. The van der Waals surface area contributed by atoms with Crippen LogP contribution in [0.25, 0.3) is 0 Å². The van der Waals surface area contributed by atoms with Gasteiger partial charge in [-0.25, -0.2) is 4.79 Å². The molecule has 76 valence electrons. The van der Waals surface area contributed by atoms with Crippen LogP contribution in [0.5, 0.6) is 0 Å². The van der Waals surface area contributed by atoms with Gasteiger partial charge in [-0.2, -0.15) is 0 Å². The topological polar surface area (TPSA) is 83.5 Å². The number of aliphatic hydroxyl groups is 1. The molecule has 0 bridgehead atoms. The van der Waals surface area contributed by atoms with Gasteiger partial charge in [0.05, 0.1) is 18.2 Å². The molecule has 1 rings (SSSR count). The summed E-state index contributed by atoms with van der Waals surface area (Å²) in [5, 5.41) is 17.8. The number of aliphatic hydroxyl groups excluding tert-OH is 1. The van der Waals surface area contributed by atoms with Gasteiger partial charge in [0.1, 0.15) is 0 Å². The zero-order valence-electron chi connectivity index (χ0n) is 7.27. The van der Waals surface area contributed by atoms with E-state index in [1.807, 2.05) is 22.6 Å². The molecule has 0 radical (unpaired) electrons. The predicted molar refractivity (Wildman–Crippen MR) is 60.1 cm³/mol. The molecule has 5 heteroatoms. The Morgan fingerprint density at radius 1 is 1.57 bits per heavy atom.